The molecule has 1 aliphatic rings. The molecule has 12 heavy (non-hydrogen) atoms. The van der Waals surface area contributed by atoms with Gasteiger partial charge < -0.3 is 9.84 Å². The van der Waals surface area contributed by atoms with Crippen LogP contribution in [0.2, 0.25) is 0 Å². The van der Waals surface area contributed by atoms with E-state index in [2.05, 4.69) is 20.8 Å². The van der Waals surface area contributed by atoms with Gasteiger partial charge in [0.15, 0.2) is 0 Å². The number of aliphatic hydroxyl groups is 1. The number of hydrogen-bond acceptors (Lipinski definition) is 3. The Morgan fingerprint density at radius 1 is 1.33 bits per heavy atom. The van der Waals surface area contributed by atoms with E-state index in [1.807, 2.05) is 11.8 Å². The second-order valence-corrected chi connectivity index (χ2v) is 5.35. The zero-order chi connectivity index (χ0) is 9.14. The molecule has 1 rings (SSSR count). The summed E-state index contributed by atoms with van der Waals surface area (Å²) in [7, 11) is 0. The summed E-state index contributed by atoms with van der Waals surface area (Å²) in [6.45, 7) is 7.85. The van der Waals surface area contributed by atoms with E-state index in [1.165, 1.54) is 0 Å². The molecule has 1 saturated heterocycles. The minimum absolute atomic E-state index is 0.254. The van der Waals surface area contributed by atoms with Crippen molar-refractivity contribution in [1.29, 1.82) is 0 Å². The molecule has 0 amide bonds. The number of hydrogen-bond donors (Lipinski definition) is 1. The summed E-state index contributed by atoms with van der Waals surface area (Å²) >= 11 is 1.85. The molecule has 0 aromatic carbocycles. The Morgan fingerprint density at radius 3 is 2.42 bits per heavy atom. The molecule has 3 atom stereocenters. The van der Waals surface area contributed by atoms with Crippen LogP contribution in [0.5, 0.6) is 0 Å². The van der Waals surface area contributed by atoms with Crippen molar-refractivity contribution in [2.24, 2.45) is 5.92 Å². The average molecular weight is 190 g/mol. The molecule has 1 aliphatic heterocycles. The SMILES string of the molecule is CC(C)C(C)SC1COCC1O. The first-order chi connectivity index (χ1) is 5.61. The predicted molar refractivity (Wildman–Crippen MR) is 52.5 cm³/mol. The molecule has 1 fully saturated rings. The Morgan fingerprint density at radius 2 is 2.00 bits per heavy atom. The molecule has 1 N–H and O–H groups in total. The van der Waals surface area contributed by atoms with Crippen LogP contribution in [0.25, 0.3) is 0 Å². The van der Waals surface area contributed by atoms with Gasteiger partial charge in [-0.25, -0.2) is 0 Å². The molecular weight excluding hydrogens is 172 g/mol. The standard InChI is InChI=1S/C9H18O2S/c1-6(2)7(3)12-9-5-11-4-8(9)10/h6-10H,4-5H2,1-3H3. The second kappa shape index (κ2) is 4.49. The Kier molecular flexibility index (Phi) is 3.87. The highest BCUT2D eigenvalue weighted by Crippen LogP contribution is 2.28. The number of ether oxygens (including phenoxy) is 1. The summed E-state index contributed by atoms with van der Waals surface area (Å²) in [6.07, 6.45) is -0.254. The van der Waals surface area contributed by atoms with E-state index in [0.29, 0.717) is 29.6 Å². The van der Waals surface area contributed by atoms with E-state index >= 15 is 0 Å². The first kappa shape index (κ1) is 10.4. The molecule has 1 heterocycles. The fourth-order valence-electron chi connectivity index (χ4n) is 1.09. The molecule has 2 nitrogen and oxygen atoms in total. The van der Waals surface area contributed by atoms with Gasteiger partial charge >= 0.3 is 0 Å². The summed E-state index contributed by atoms with van der Waals surface area (Å²) < 4.78 is 5.18. The Hall–Kier alpha value is 0.270. The first-order valence-corrected chi connectivity index (χ1v) is 5.46. The van der Waals surface area contributed by atoms with Crippen molar-refractivity contribution in [1.82, 2.24) is 0 Å². The van der Waals surface area contributed by atoms with E-state index in [4.69, 9.17) is 4.74 Å². The first-order valence-electron chi connectivity index (χ1n) is 4.52. The maximum absolute atomic E-state index is 9.47. The quantitative estimate of drug-likeness (QED) is 0.731. The fraction of sp³-hybridized carbons (Fsp3) is 1.00. The van der Waals surface area contributed by atoms with E-state index in [0.717, 1.165) is 0 Å². The van der Waals surface area contributed by atoms with Crippen molar-refractivity contribution in [2.75, 3.05) is 13.2 Å². The van der Waals surface area contributed by atoms with Gasteiger partial charge in [0.1, 0.15) is 0 Å². The Bertz CT molecular complexity index is 138. The van der Waals surface area contributed by atoms with Crippen LogP contribution in [-0.2, 0) is 4.74 Å². The molecule has 0 aliphatic carbocycles. The largest absolute Gasteiger partial charge is 0.389 e. The van der Waals surface area contributed by atoms with Gasteiger partial charge in [0.2, 0.25) is 0 Å². The molecule has 0 aromatic heterocycles. The number of aliphatic hydroxyl groups excluding tert-OH is 1. The van der Waals surface area contributed by atoms with Crippen LogP contribution in [0.3, 0.4) is 0 Å². The number of thioether (sulfide) groups is 1. The van der Waals surface area contributed by atoms with Crippen LogP contribution in [0, 0.1) is 5.92 Å². The van der Waals surface area contributed by atoms with Gasteiger partial charge in [-0.3, -0.25) is 0 Å². The second-order valence-electron chi connectivity index (χ2n) is 3.73. The van der Waals surface area contributed by atoms with E-state index < -0.39 is 0 Å². The van der Waals surface area contributed by atoms with Gasteiger partial charge in [-0.15, -0.1) is 11.8 Å². The zero-order valence-corrected chi connectivity index (χ0v) is 8.80. The molecule has 72 valence electrons. The van der Waals surface area contributed by atoms with Crippen LogP contribution in [0.15, 0.2) is 0 Å². The van der Waals surface area contributed by atoms with Crippen LogP contribution in [0.1, 0.15) is 20.8 Å². The van der Waals surface area contributed by atoms with Gasteiger partial charge in [0.25, 0.3) is 0 Å². The summed E-state index contributed by atoms with van der Waals surface area (Å²) in [6, 6.07) is 0. The third kappa shape index (κ3) is 2.64. The van der Waals surface area contributed by atoms with Gasteiger partial charge in [-0.2, -0.15) is 0 Å². The van der Waals surface area contributed by atoms with Gasteiger partial charge in [-0.1, -0.05) is 20.8 Å². The Balaban J connectivity index is 2.30. The monoisotopic (exact) mass is 190 g/mol. The van der Waals surface area contributed by atoms with Crippen molar-refractivity contribution in [3.63, 3.8) is 0 Å². The van der Waals surface area contributed by atoms with E-state index in [1.54, 1.807) is 0 Å². The van der Waals surface area contributed by atoms with Crippen LogP contribution in [0.4, 0.5) is 0 Å². The molecule has 3 unspecified atom stereocenters. The molecule has 0 saturated carbocycles. The van der Waals surface area contributed by atoms with Crippen molar-refractivity contribution in [3.05, 3.63) is 0 Å². The highest BCUT2D eigenvalue weighted by molar-refractivity contribution is 8.00. The minimum atomic E-state index is -0.254. The minimum Gasteiger partial charge on any atom is -0.389 e. The Labute approximate surface area is 78.7 Å². The lowest BCUT2D eigenvalue weighted by molar-refractivity contribution is 0.127. The lowest BCUT2D eigenvalue weighted by Crippen LogP contribution is -2.24. The summed E-state index contributed by atoms with van der Waals surface area (Å²) in [4.78, 5) is 0. The molecule has 0 spiro atoms. The molecule has 3 heteroatoms. The van der Waals surface area contributed by atoms with Crippen molar-refractivity contribution < 1.29 is 9.84 Å². The third-order valence-electron chi connectivity index (χ3n) is 2.33. The van der Waals surface area contributed by atoms with Crippen molar-refractivity contribution in [3.8, 4) is 0 Å². The lowest BCUT2D eigenvalue weighted by Gasteiger charge is -2.20. The van der Waals surface area contributed by atoms with E-state index in [-0.39, 0.29) is 6.10 Å². The van der Waals surface area contributed by atoms with Crippen LogP contribution < -0.4 is 0 Å². The normalized spacial score (nSPS) is 32.8. The fourth-order valence-corrected chi connectivity index (χ4v) is 2.39. The highest BCUT2D eigenvalue weighted by Gasteiger charge is 2.28. The maximum Gasteiger partial charge on any atom is 0.0914 e. The zero-order valence-electron chi connectivity index (χ0n) is 7.99. The lowest BCUT2D eigenvalue weighted by atomic mass is 10.2. The molecule has 0 radical (unpaired) electrons. The third-order valence-corrected chi connectivity index (χ3v) is 4.10. The van der Waals surface area contributed by atoms with Gasteiger partial charge in [-0.05, 0) is 5.92 Å². The van der Waals surface area contributed by atoms with Crippen LogP contribution >= 0.6 is 11.8 Å². The van der Waals surface area contributed by atoms with Crippen molar-refractivity contribution in [2.45, 2.75) is 37.4 Å². The predicted octanol–water partition coefficient (Wildman–Crippen LogP) is 1.52. The van der Waals surface area contributed by atoms with Gasteiger partial charge in [0.05, 0.1) is 24.6 Å². The number of rotatable bonds is 3. The maximum atomic E-state index is 9.47. The summed E-state index contributed by atoms with van der Waals surface area (Å²) in [5.41, 5.74) is 0. The van der Waals surface area contributed by atoms with Crippen LogP contribution in [-0.4, -0.2) is 34.9 Å². The highest BCUT2D eigenvalue weighted by atomic mass is 32.2. The molecular formula is C9H18O2S. The van der Waals surface area contributed by atoms with E-state index in [9.17, 15) is 5.11 Å². The average Bonchev–Trinajstić information content (AvgIpc) is 2.36. The smallest absolute Gasteiger partial charge is 0.0914 e. The summed E-state index contributed by atoms with van der Waals surface area (Å²) in [5, 5.41) is 10.4. The van der Waals surface area contributed by atoms with Gasteiger partial charge in [0, 0.05) is 5.25 Å². The molecule has 0 bridgehead atoms. The molecule has 0 aromatic rings. The summed E-state index contributed by atoms with van der Waals surface area (Å²) in [5.74, 6) is 0.669. The van der Waals surface area contributed by atoms with Crippen molar-refractivity contribution >= 4 is 11.8 Å². The topological polar surface area (TPSA) is 29.5 Å².